The Morgan fingerprint density at radius 3 is 2.97 bits per heavy atom. The van der Waals surface area contributed by atoms with E-state index in [9.17, 15) is 9.59 Å². The van der Waals surface area contributed by atoms with Crippen molar-refractivity contribution in [1.82, 2.24) is 25.0 Å². The fourth-order valence-electron chi connectivity index (χ4n) is 2.98. The summed E-state index contributed by atoms with van der Waals surface area (Å²) in [5, 5.41) is 23.3. The van der Waals surface area contributed by atoms with Crippen LogP contribution in [0, 0.1) is 0 Å². The summed E-state index contributed by atoms with van der Waals surface area (Å²) in [6.45, 7) is 0. The molecule has 0 saturated heterocycles. The third-order valence-electron chi connectivity index (χ3n) is 4.69. The molecule has 158 valence electrons. The summed E-state index contributed by atoms with van der Waals surface area (Å²) in [7, 11) is 1.60. The molecule has 0 spiro atoms. The van der Waals surface area contributed by atoms with Crippen LogP contribution in [0.1, 0.15) is 12.8 Å². The van der Waals surface area contributed by atoms with E-state index in [0.29, 0.717) is 26.4 Å². The molecule has 0 bridgehead atoms. The summed E-state index contributed by atoms with van der Waals surface area (Å²) in [5.41, 5.74) is 1.90. The van der Waals surface area contributed by atoms with Crippen LogP contribution in [0.15, 0.2) is 35.4 Å². The van der Waals surface area contributed by atoms with Gasteiger partial charge in [0.2, 0.25) is 5.13 Å². The molecule has 0 radical (unpaired) electrons. The highest BCUT2D eigenvalue weighted by Crippen LogP contribution is 2.34. The minimum atomic E-state index is -0.638. The number of aromatic amines is 1. The van der Waals surface area contributed by atoms with Crippen molar-refractivity contribution in [3.05, 3.63) is 46.0 Å². The van der Waals surface area contributed by atoms with Crippen LogP contribution >= 0.6 is 22.9 Å². The van der Waals surface area contributed by atoms with Gasteiger partial charge in [-0.2, -0.15) is 5.10 Å². The molecule has 1 aliphatic rings. The standard InChI is InChI=1S/C19H16ClN7O3S/c1-27-8-9(6-14(17(27)28)23-19(29)30-10-2-3-10)16-25-26-18(31-16)22-13-5-4-12-11(15(13)20)7-21-24-12/h4-8,10H,2-3H2,1H3,(H,21,24)(H,22,26)(H,23,29). The lowest BCUT2D eigenvalue weighted by molar-refractivity contribution is 0.154. The first-order valence-electron chi connectivity index (χ1n) is 9.39. The number of aryl methyl sites for hydroxylation is 1. The lowest BCUT2D eigenvalue weighted by Gasteiger charge is -2.08. The van der Waals surface area contributed by atoms with Crippen molar-refractivity contribution in [2.24, 2.45) is 7.05 Å². The lowest BCUT2D eigenvalue weighted by Crippen LogP contribution is -2.25. The lowest BCUT2D eigenvalue weighted by atomic mass is 10.2. The number of aromatic nitrogens is 5. The highest BCUT2D eigenvalue weighted by atomic mass is 35.5. The number of fused-ring (bicyclic) bond motifs is 1. The third-order valence-corrected chi connectivity index (χ3v) is 5.99. The molecule has 3 N–H and O–H groups in total. The van der Waals surface area contributed by atoms with Crippen LogP contribution in [-0.2, 0) is 11.8 Å². The van der Waals surface area contributed by atoms with E-state index in [1.165, 1.54) is 15.9 Å². The molecule has 0 atom stereocenters. The van der Waals surface area contributed by atoms with Gasteiger partial charge in [0.1, 0.15) is 11.8 Å². The van der Waals surface area contributed by atoms with Crippen LogP contribution < -0.4 is 16.2 Å². The Morgan fingerprint density at radius 2 is 2.16 bits per heavy atom. The van der Waals surface area contributed by atoms with E-state index in [1.807, 2.05) is 12.1 Å². The number of halogens is 1. The summed E-state index contributed by atoms with van der Waals surface area (Å²) in [5.74, 6) is 0. The molecule has 4 aromatic rings. The first kappa shape index (κ1) is 19.5. The molecule has 0 unspecified atom stereocenters. The average Bonchev–Trinajstić information content (AvgIpc) is 3.23. The Bertz CT molecular complexity index is 1360. The van der Waals surface area contributed by atoms with Gasteiger partial charge in [-0.15, -0.1) is 10.2 Å². The van der Waals surface area contributed by atoms with Gasteiger partial charge in [0.25, 0.3) is 5.56 Å². The number of carbonyl (C=O) groups is 1. The minimum absolute atomic E-state index is 0.0584. The number of carbonyl (C=O) groups excluding carboxylic acids is 1. The molecule has 1 amide bonds. The van der Waals surface area contributed by atoms with Crippen molar-refractivity contribution in [3.63, 3.8) is 0 Å². The Morgan fingerprint density at radius 1 is 1.32 bits per heavy atom. The van der Waals surface area contributed by atoms with E-state index in [0.717, 1.165) is 23.7 Å². The highest BCUT2D eigenvalue weighted by Gasteiger charge is 2.26. The number of ether oxygens (including phenoxy) is 1. The topological polar surface area (TPSA) is 127 Å². The summed E-state index contributed by atoms with van der Waals surface area (Å²) in [6, 6.07) is 5.25. The Kier molecular flexibility index (Phi) is 4.83. The molecular weight excluding hydrogens is 442 g/mol. The smallest absolute Gasteiger partial charge is 0.412 e. The molecule has 1 saturated carbocycles. The monoisotopic (exact) mass is 457 g/mol. The van der Waals surface area contributed by atoms with Gasteiger partial charge in [0.05, 0.1) is 22.4 Å². The van der Waals surface area contributed by atoms with Gasteiger partial charge in [0, 0.05) is 24.2 Å². The van der Waals surface area contributed by atoms with Crippen molar-refractivity contribution in [2.45, 2.75) is 18.9 Å². The second kappa shape index (κ2) is 7.67. The number of hydrogen-bond acceptors (Lipinski definition) is 8. The maximum Gasteiger partial charge on any atom is 0.412 e. The number of nitrogens with one attached hydrogen (secondary N) is 3. The third kappa shape index (κ3) is 3.97. The molecule has 12 heteroatoms. The number of H-pyrrole nitrogens is 1. The molecular formula is C19H16ClN7O3S. The number of anilines is 3. The molecule has 31 heavy (non-hydrogen) atoms. The molecule has 5 rings (SSSR count). The summed E-state index contributed by atoms with van der Waals surface area (Å²) >= 11 is 7.73. The van der Waals surface area contributed by atoms with E-state index >= 15 is 0 Å². The summed E-state index contributed by atoms with van der Waals surface area (Å²) in [4.78, 5) is 24.3. The second-order valence-electron chi connectivity index (χ2n) is 7.08. The van der Waals surface area contributed by atoms with Crippen LogP contribution in [0.25, 0.3) is 21.5 Å². The number of benzene rings is 1. The molecule has 1 aromatic carbocycles. The summed E-state index contributed by atoms with van der Waals surface area (Å²) in [6.07, 6.45) is 4.29. The van der Waals surface area contributed by atoms with Crippen LogP contribution in [-0.4, -0.2) is 37.2 Å². The zero-order chi connectivity index (χ0) is 21.5. The zero-order valence-electron chi connectivity index (χ0n) is 16.2. The van der Waals surface area contributed by atoms with E-state index in [4.69, 9.17) is 16.3 Å². The largest absolute Gasteiger partial charge is 0.446 e. The van der Waals surface area contributed by atoms with Crippen molar-refractivity contribution < 1.29 is 9.53 Å². The maximum atomic E-state index is 12.4. The minimum Gasteiger partial charge on any atom is -0.446 e. The molecule has 3 aromatic heterocycles. The van der Waals surface area contributed by atoms with Gasteiger partial charge in [-0.25, -0.2) is 4.79 Å². The molecule has 3 heterocycles. The molecule has 0 aliphatic heterocycles. The molecule has 1 aliphatic carbocycles. The van der Waals surface area contributed by atoms with E-state index in [-0.39, 0.29) is 17.4 Å². The highest BCUT2D eigenvalue weighted by molar-refractivity contribution is 7.18. The normalized spacial score (nSPS) is 13.4. The van der Waals surface area contributed by atoms with Crippen molar-refractivity contribution >= 4 is 56.4 Å². The Labute approximate surface area is 184 Å². The number of amides is 1. The van der Waals surface area contributed by atoms with Crippen molar-refractivity contribution in [2.75, 3.05) is 10.6 Å². The predicted molar refractivity (Wildman–Crippen MR) is 118 cm³/mol. The van der Waals surface area contributed by atoms with Crippen LogP contribution in [0.5, 0.6) is 0 Å². The predicted octanol–water partition coefficient (Wildman–Crippen LogP) is 3.89. The van der Waals surface area contributed by atoms with Crippen LogP contribution in [0.4, 0.5) is 21.3 Å². The van der Waals surface area contributed by atoms with E-state index < -0.39 is 6.09 Å². The molecule has 1 fully saturated rings. The fraction of sp³-hybridized carbons (Fsp3) is 0.211. The number of pyridine rings is 1. The van der Waals surface area contributed by atoms with Crippen LogP contribution in [0.2, 0.25) is 5.02 Å². The summed E-state index contributed by atoms with van der Waals surface area (Å²) < 4.78 is 6.53. The molecule has 10 nitrogen and oxygen atoms in total. The quantitative estimate of drug-likeness (QED) is 0.415. The average molecular weight is 458 g/mol. The van der Waals surface area contributed by atoms with Gasteiger partial charge in [0.15, 0.2) is 5.01 Å². The second-order valence-corrected chi connectivity index (χ2v) is 8.44. The van der Waals surface area contributed by atoms with Gasteiger partial charge in [-0.1, -0.05) is 22.9 Å². The first-order valence-corrected chi connectivity index (χ1v) is 10.6. The van der Waals surface area contributed by atoms with Gasteiger partial charge >= 0.3 is 6.09 Å². The van der Waals surface area contributed by atoms with Gasteiger partial charge < -0.3 is 14.6 Å². The van der Waals surface area contributed by atoms with Gasteiger partial charge in [-0.05, 0) is 31.0 Å². The van der Waals surface area contributed by atoms with E-state index in [1.54, 1.807) is 25.5 Å². The number of rotatable bonds is 5. The zero-order valence-corrected chi connectivity index (χ0v) is 17.8. The fourth-order valence-corrected chi connectivity index (χ4v) is 3.98. The maximum absolute atomic E-state index is 12.4. The van der Waals surface area contributed by atoms with Crippen molar-refractivity contribution in [1.29, 1.82) is 0 Å². The number of hydrogen-bond donors (Lipinski definition) is 3. The van der Waals surface area contributed by atoms with Crippen LogP contribution in [0.3, 0.4) is 0 Å². The Balaban J connectivity index is 1.40. The SMILES string of the molecule is Cn1cc(-c2nnc(Nc3ccc4[nH]ncc4c3Cl)s2)cc(NC(=O)OC2CC2)c1=O. The first-order chi connectivity index (χ1) is 15.0. The number of nitrogens with zero attached hydrogens (tertiary/aromatic N) is 4. The Hall–Kier alpha value is -3.44. The van der Waals surface area contributed by atoms with E-state index in [2.05, 4.69) is 31.0 Å². The van der Waals surface area contributed by atoms with Gasteiger partial charge in [-0.3, -0.25) is 15.2 Å². The van der Waals surface area contributed by atoms with Crippen molar-refractivity contribution in [3.8, 4) is 10.6 Å².